The number of imidazole rings is 1. The van der Waals surface area contributed by atoms with E-state index in [4.69, 9.17) is 43.1 Å². The van der Waals surface area contributed by atoms with Crippen molar-refractivity contribution in [2.24, 2.45) is 12.8 Å². The topological polar surface area (TPSA) is 91.6 Å². The molecule has 0 saturated heterocycles. The summed E-state index contributed by atoms with van der Waals surface area (Å²) in [5, 5.41) is 3.82. The molecule has 0 saturated carbocycles. The number of aromatic nitrogens is 2. The lowest BCUT2D eigenvalue weighted by molar-refractivity contribution is -0.647. The van der Waals surface area contributed by atoms with Crippen LogP contribution in [0.1, 0.15) is 42.6 Å². The van der Waals surface area contributed by atoms with E-state index in [9.17, 15) is 4.79 Å². The summed E-state index contributed by atoms with van der Waals surface area (Å²) >= 11 is 12.9. The van der Waals surface area contributed by atoms with Gasteiger partial charge in [0.2, 0.25) is 5.91 Å². The quantitative estimate of drug-likeness (QED) is 0.122. The van der Waals surface area contributed by atoms with E-state index >= 15 is 0 Å². The third-order valence-corrected chi connectivity index (χ3v) is 7.93. The molecule has 0 spiro atoms. The molecule has 0 fully saturated rings. The van der Waals surface area contributed by atoms with Crippen LogP contribution in [0.15, 0.2) is 54.6 Å². The lowest BCUT2D eigenvalue weighted by atomic mass is 10.1. The Morgan fingerprint density at radius 3 is 2.40 bits per heavy atom. The van der Waals surface area contributed by atoms with Crippen molar-refractivity contribution >= 4 is 52.3 Å². The zero-order chi connectivity index (χ0) is 30.8. The molecule has 0 unspecified atom stereocenters. The predicted molar refractivity (Wildman–Crippen MR) is 173 cm³/mol. The van der Waals surface area contributed by atoms with Gasteiger partial charge >= 0.3 is 0 Å². The molecule has 1 aromatic heterocycles. The van der Waals surface area contributed by atoms with Gasteiger partial charge in [-0.05, 0) is 37.0 Å². The first-order chi connectivity index (χ1) is 20.9. The monoisotopic (exact) mass is 625 g/mol. The van der Waals surface area contributed by atoms with E-state index in [0.29, 0.717) is 53.4 Å². The summed E-state index contributed by atoms with van der Waals surface area (Å²) < 4.78 is 21.7. The third-order valence-electron chi connectivity index (χ3n) is 7.21. The fourth-order valence-electron chi connectivity index (χ4n) is 4.94. The summed E-state index contributed by atoms with van der Waals surface area (Å²) in [4.78, 5) is 12.0. The number of hydrogen-bond acceptors (Lipinski definition) is 5. The van der Waals surface area contributed by atoms with Crippen LogP contribution in [-0.2, 0) is 25.0 Å². The van der Waals surface area contributed by atoms with Crippen molar-refractivity contribution < 1.29 is 23.6 Å². The zero-order valence-electron chi connectivity index (χ0n) is 24.9. The van der Waals surface area contributed by atoms with Crippen LogP contribution in [-0.4, -0.2) is 37.8 Å². The van der Waals surface area contributed by atoms with Crippen LogP contribution in [0.2, 0.25) is 10.0 Å². The van der Waals surface area contributed by atoms with Gasteiger partial charge in [0.25, 0.3) is 5.82 Å². The molecule has 0 bridgehead atoms. The number of carbonyl (C=O) groups excluding carboxylic acids is 1. The van der Waals surface area contributed by atoms with Crippen molar-refractivity contribution in [3.05, 3.63) is 81.6 Å². The van der Waals surface area contributed by atoms with Crippen molar-refractivity contribution in [1.82, 2.24) is 9.88 Å². The summed E-state index contributed by atoms with van der Waals surface area (Å²) in [6.07, 6.45) is 7.14. The average molecular weight is 627 g/mol. The Kier molecular flexibility index (Phi) is 11.7. The van der Waals surface area contributed by atoms with Gasteiger partial charge in [-0.15, -0.1) is 0 Å². The van der Waals surface area contributed by atoms with Gasteiger partial charge in [0.15, 0.2) is 22.5 Å². The van der Waals surface area contributed by atoms with Crippen LogP contribution in [0.4, 0.5) is 0 Å². The molecule has 4 aromatic rings. The number of unbranched alkanes of at least 4 members (excludes halogenated alkanes) is 2. The fourth-order valence-corrected chi connectivity index (χ4v) is 5.25. The first-order valence-corrected chi connectivity index (χ1v) is 15.1. The molecule has 0 aliphatic rings. The molecule has 10 heteroatoms. The number of ether oxygens (including phenoxy) is 3. The highest BCUT2D eigenvalue weighted by molar-refractivity contribution is 6.42. The van der Waals surface area contributed by atoms with Crippen LogP contribution in [0, 0.1) is 0 Å². The lowest BCUT2D eigenvalue weighted by Gasteiger charge is -2.14. The average Bonchev–Trinajstić information content (AvgIpc) is 3.27. The van der Waals surface area contributed by atoms with Gasteiger partial charge in [0.1, 0.15) is 12.4 Å². The zero-order valence-corrected chi connectivity index (χ0v) is 26.4. The molecule has 3 N–H and O–H groups in total. The minimum absolute atomic E-state index is 0.0357. The van der Waals surface area contributed by atoms with E-state index in [1.54, 1.807) is 14.2 Å². The lowest BCUT2D eigenvalue weighted by Crippen LogP contribution is -2.31. The Balaban J connectivity index is 1.64. The van der Waals surface area contributed by atoms with Crippen LogP contribution < -0.4 is 29.8 Å². The van der Waals surface area contributed by atoms with E-state index in [1.807, 2.05) is 67.7 Å². The molecule has 1 amide bonds. The van der Waals surface area contributed by atoms with Gasteiger partial charge in [0, 0.05) is 49.3 Å². The maximum Gasteiger partial charge on any atom is 0.282 e. The Morgan fingerprint density at radius 1 is 0.953 bits per heavy atom. The van der Waals surface area contributed by atoms with Crippen molar-refractivity contribution in [3.63, 3.8) is 0 Å². The van der Waals surface area contributed by atoms with Crippen LogP contribution >= 0.6 is 23.2 Å². The number of nitrogens with two attached hydrogens (primary N) is 1. The second-order valence-corrected chi connectivity index (χ2v) is 10.9. The van der Waals surface area contributed by atoms with Gasteiger partial charge in [-0.3, -0.25) is 4.79 Å². The number of benzene rings is 3. The molecule has 0 atom stereocenters. The smallest absolute Gasteiger partial charge is 0.282 e. The molecule has 0 aliphatic carbocycles. The van der Waals surface area contributed by atoms with Crippen molar-refractivity contribution in [1.29, 1.82) is 0 Å². The Bertz CT molecular complexity index is 1570. The van der Waals surface area contributed by atoms with Crippen molar-refractivity contribution in [2.45, 2.75) is 38.8 Å². The highest BCUT2D eigenvalue weighted by Crippen LogP contribution is 2.36. The highest BCUT2D eigenvalue weighted by atomic mass is 35.5. The molecule has 0 radical (unpaired) electrons. The van der Waals surface area contributed by atoms with Gasteiger partial charge in [-0.2, -0.15) is 0 Å². The van der Waals surface area contributed by atoms with Crippen molar-refractivity contribution in [3.8, 4) is 17.2 Å². The number of nitrogens with one attached hydrogen (secondary N) is 1. The van der Waals surface area contributed by atoms with E-state index in [0.717, 1.165) is 53.8 Å². The standard InChI is InChI=1S/C33H38Cl2N4O4/c1-38-27-19-25(34)26(35)20-28(27)39(17-9-5-8-12-32(40)37-16-15-36)33(38)14-13-24-18-30(41-2)31(42-3)21-29(24)43-22-23-10-6-4-7-11-23/h4,6-7,10-11,13-14,18-21H,5,8-9,12,15-17,22,36H2,1-3H3/p+1/b14-13+. The van der Waals surface area contributed by atoms with Crippen molar-refractivity contribution in [2.75, 3.05) is 27.3 Å². The van der Waals surface area contributed by atoms with Crippen LogP contribution in [0.3, 0.4) is 0 Å². The summed E-state index contributed by atoms with van der Waals surface area (Å²) in [6, 6.07) is 17.6. The molecule has 4 rings (SSSR count). The van der Waals surface area contributed by atoms with E-state index < -0.39 is 0 Å². The molecule has 3 aromatic carbocycles. The number of amides is 1. The normalized spacial score (nSPS) is 11.3. The molecular formula is C33H39Cl2N4O4+. The van der Waals surface area contributed by atoms with Gasteiger partial charge in [-0.1, -0.05) is 53.5 Å². The van der Waals surface area contributed by atoms with Gasteiger partial charge in [0.05, 0.1) is 37.9 Å². The third kappa shape index (κ3) is 8.22. The maximum absolute atomic E-state index is 12.0. The first-order valence-electron chi connectivity index (χ1n) is 14.3. The number of fused-ring (bicyclic) bond motifs is 1. The second-order valence-electron chi connectivity index (χ2n) is 10.1. The summed E-state index contributed by atoms with van der Waals surface area (Å²) in [5.41, 5.74) is 9.31. The van der Waals surface area contributed by atoms with Gasteiger partial charge in [-0.25, -0.2) is 9.13 Å². The second kappa shape index (κ2) is 15.7. The Labute approximate surface area is 262 Å². The summed E-state index contributed by atoms with van der Waals surface area (Å²) in [6.45, 7) is 2.09. The molecule has 228 valence electrons. The van der Waals surface area contributed by atoms with Gasteiger partial charge < -0.3 is 25.3 Å². The van der Waals surface area contributed by atoms with Crippen LogP contribution in [0.25, 0.3) is 23.2 Å². The minimum Gasteiger partial charge on any atom is -0.493 e. The highest BCUT2D eigenvalue weighted by Gasteiger charge is 2.23. The number of rotatable bonds is 15. The maximum atomic E-state index is 12.0. The molecular weight excluding hydrogens is 587 g/mol. The summed E-state index contributed by atoms with van der Waals surface area (Å²) in [5.74, 6) is 2.85. The molecule has 1 heterocycles. The number of methoxy groups -OCH3 is 2. The Hall–Kier alpha value is -3.72. The minimum atomic E-state index is 0.0357. The van der Waals surface area contributed by atoms with E-state index in [2.05, 4.69) is 20.5 Å². The number of nitrogens with zero attached hydrogens (tertiary/aromatic N) is 2. The number of aryl methyl sites for hydroxylation is 2. The number of carbonyl (C=O) groups is 1. The fraction of sp³-hybridized carbons (Fsp3) is 0.333. The number of hydrogen-bond donors (Lipinski definition) is 2. The van der Waals surface area contributed by atoms with E-state index in [1.165, 1.54) is 0 Å². The predicted octanol–water partition coefficient (Wildman–Crippen LogP) is 6.17. The SMILES string of the molecule is COc1cc(/C=C/c2n(CCCCCC(=O)NCCN)c3cc(Cl)c(Cl)cc3[n+]2C)c(OCc2ccccc2)cc1OC. The van der Waals surface area contributed by atoms with Crippen LogP contribution in [0.5, 0.6) is 17.2 Å². The largest absolute Gasteiger partial charge is 0.493 e. The number of halogens is 2. The molecule has 8 nitrogen and oxygen atoms in total. The Morgan fingerprint density at radius 2 is 1.67 bits per heavy atom. The van der Waals surface area contributed by atoms with E-state index in [-0.39, 0.29) is 5.91 Å². The summed E-state index contributed by atoms with van der Waals surface area (Å²) in [7, 11) is 5.23. The first kappa shape index (κ1) is 32.2. The molecule has 0 aliphatic heterocycles. The molecule has 43 heavy (non-hydrogen) atoms.